The van der Waals surface area contributed by atoms with E-state index in [1.807, 2.05) is 0 Å². The molecule has 0 aliphatic heterocycles. The Hall–Kier alpha value is -3.83. The molecular formula is C23H19N3O6S2. The van der Waals surface area contributed by atoms with Crippen molar-refractivity contribution in [1.82, 2.24) is 15.0 Å². The van der Waals surface area contributed by atoms with Crippen molar-refractivity contribution in [3.05, 3.63) is 66.7 Å². The van der Waals surface area contributed by atoms with E-state index in [0.29, 0.717) is 0 Å². The molecule has 0 amide bonds. The van der Waals surface area contributed by atoms with Gasteiger partial charge < -0.3 is 10.2 Å². The molecule has 4 aromatic rings. The third-order valence-electron chi connectivity index (χ3n) is 4.92. The average Bonchev–Trinajstić information content (AvgIpc) is 2.78. The molecule has 4 rings (SSSR count). The Morgan fingerprint density at radius 1 is 0.588 bits per heavy atom. The Bertz CT molecular complexity index is 1520. The molecule has 0 saturated heterocycles. The minimum Gasteiger partial charge on any atom is -0.507 e. The summed E-state index contributed by atoms with van der Waals surface area (Å²) >= 11 is 0. The van der Waals surface area contributed by atoms with Gasteiger partial charge in [-0.05, 0) is 42.5 Å². The highest BCUT2D eigenvalue weighted by Gasteiger charge is 2.20. The van der Waals surface area contributed by atoms with Gasteiger partial charge >= 0.3 is 0 Å². The topological polar surface area (TPSA) is 147 Å². The highest BCUT2D eigenvalue weighted by atomic mass is 32.2. The van der Waals surface area contributed by atoms with Crippen molar-refractivity contribution in [2.45, 2.75) is 9.79 Å². The van der Waals surface area contributed by atoms with Gasteiger partial charge in [-0.1, -0.05) is 24.3 Å². The van der Waals surface area contributed by atoms with Crippen LogP contribution in [0.3, 0.4) is 0 Å². The first-order valence-corrected chi connectivity index (χ1v) is 13.6. The molecule has 174 valence electrons. The SMILES string of the molecule is CS(=O)(=O)c1cc(-c2nc(-c3ccccc3O)nc(-c3ccccc3O)n2)cc(S(C)(=O)=O)c1. The number of hydrogen-bond donors (Lipinski definition) is 2. The van der Waals surface area contributed by atoms with Crippen LogP contribution in [0.15, 0.2) is 76.5 Å². The van der Waals surface area contributed by atoms with E-state index < -0.39 is 19.7 Å². The second-order valence-corrected chi connectivity index (χ2v) is 11.6. The van der Waals surface area contributed by atoms with E-state index in [1.54, 1.807) is 36.4 Å². The number of aromatic hydroxyl groups is 2. The van der Waals surface area contributed by atoms with Crippen LogP contribution in [0.2, 0.25) is 0 Å². The Morgan fingerprint density at radius 2 is 0.971 bits per heavy atom. The first-order chi connectivity index (χ1) is 15.9. The van der Waals surface area contributed by atoms with E-state index in [1.165, 1.54) is 24.3 Å². The molecule has 0 radical (unpaired) electrons. The van der Waals surface area contributed by atoms with Crippen LogP contribution in [0.5, 0.6) is 11.5 Å². The predicted molar refractivity (Wildman–Crippen MR) is 126 cm³/mol. The molecule has 1 heterocycles. The van der Waals surface area contributed by atoms with E-state index in [0.717, 1.165) is 18.6 Å². The van der Waals surface area contributed by atoms with Crippen LogP contribution in [0.25, 0.3) is 34.2 Å². The van der Waals surface area contributed by atoms with Gasteiger partial charge in [0.25, 0.3) is 0 Å². The highest BCUT2D eigenvalue weighted by molar-refractivity contribution is 7.91. The van der Waals surface area contributed by atoms with E-state index in [4.69, 9.17) is 0 Å². The van der Waals surface area contributed by atoms with Crippen molar-refractivity contribution < 1.29 is 27.0 Å². The summed E-state index contributed by atoms with van der Waals surface area (Å²) in [5.74, 6) is -0.157. The minimum atomic E-state index is -3.77. The first-order valence-electron chi connectivity index (χ1n) is 9.82. The van der Waals surface area contributed by atoms with Gasteiger partial charge in [-0.2, -0.15) is 0 Å². The maximum atomic E-state index is 12.2. The summed E-state index contributed by atoms with van der Waals surface area (Å²) in [5, 5.41) is 20.7. The van der Waals surface area contributed by atoms with Crippen molar-refractivity contribution >= 4 is 19.7 Å². The highest BCUT2D eigenvalue weighted by Crippen LogP contribution is 2.33. The molecule has 0 unspecified atom stereocenters. The normalized spacial score (nSPS) is 11.9. The molecule has 2 N–H and O–H groups in total. The van der Waals surface area contributed by atoms with Crippen molar-refractivity contribution in [2.24, 2.45) is 0 Å². The minimum absolute atomic E-state index is 0.0399. The summed E-state index contributed by atoms with van der Waals surface area (Å²) in [7, 11) is -7.54. The molecule has 34 heavy (non-hydrogen) atoms. The van der Waals surface area contributed by atoms with Crippen molar-refractivity contribution in [3.63, 3.8) is 0 Å². The van der Waals surface area contributed by atoms with Gasteiger partial charge in [0.05, 0.1) is 20.9 Å². The molecule has 9 nitrogen and oxygen atoms in total. The van der Waals surface area contributed by atoms with Gasteiger partial charge in [-0.3, -0.25) is 0 Å². The molecule has 0 spiro atoms. The molecule has 0 saturated carbocycles. The Kier molecular flexibility index (Phi) is 5.84. The van der Waals surface area contributed by atoms with Gasteiger partial charge in [0.2, 0.25) is 0 Å². The standard InChI is InChI=1S/C23H19N3O6S2/c1-33(29,30)15-11-14(12-16(13-15)34(2,31)32)21-24-22(17-7-3-5-9-19(17)27)26-23(25-21)18-8-4-6-10-20(18)28/h3-13,27-28H,1-2H3. The lowest BCUT2D eigenvalue weighted by Gasteiger charge is -2.11. The summed E-state index contributed by atoms with van der Waals surface area (Å²) in [6.07, 6.45) is 1.93. The van der Waals surface area contributed by atoms with Crippen LogP contribution in [-0.2, 0) is 19.7 Å². The molecule has 0 bridgehead atoms. The largest absolute Gasteiger partial charge is 0.507 e. The molecule has 0 fully saturated rings. The summed E-state index contributed by atoms with van der Waals surface area (Å²) < 4.78 is 49.0. The zero-order chi connectivity index (χ0) is 24.7. The maximum Gasteiger partial charge on any atom is 0.175 e. The summed E-state index contributed by atoms with van der Waals surface area (Å²) in [5.41, 5.74) is 0.648. The lowest BCUT2D eigenvalue weighted by molar-refractivity contribution is 0.477. The third kappa shape index (κ3) is 4.75. The zero-order valence-electron chi connectivity index (χ0n) is 18.0. The Morgan fingerprint density at radius 3 is 1.35 bits per heavy atom. The smallest absolute Gasteiger partial charge is 0.175 e. The van der Waals surface area contributed by atoms with E-state index in [9.17, 15) is 27.0 Å². The number of hydrogen-bond acceptors (Lipinski definition) is 9. The second kappa shape index (κ2) is 8.50. The molecule has 3 aromatic carbocycles. The summed E-state index contributed by atoms with van der Waals surface area (Å²) in [4.78, 5) is 12.7. The second-order valence-electron chi connectivity index (χ2n) is 7.58. The van der Waals surface area contributed by atoms with Crippen molar-refractivity contribution in [1.29, 1.82) is 0 Å². The van der Waals surface area contributed by atoms with Crippen molar-refractivity contribution in [3.8, 4) is 45.7 Å². The molecule has 11 heteroatoms. The number of benzene rings is 3. The maximum absolute atomic E-state index is 12.2. The Balaban J connectivity index is 2.06. The van der Waals surface area contributed by atoms with Crippen LogP contribution in [0.1, 0.15) is 0 Å². The number of aromatic nitrogens is 3. The van der Waals surface area contributed by atoms with E-state index >= 15 is 0 Å². The fourth-order valence-electron chi connectivity index (χ4n) is 3.20. The molecular weight excluding hydrogens is 478 g/mol. The fraction of sp³-hybridized carbons (Fsp3) is 0.0870. The van der Waals surface area contributed by atoms with Crippen LogP contribution in [0, 0.1) is 0 Å². The molecule has 0 aliphatic carbocycles. The first kappa shape index (κ1) is 23.3. The number of para-hydroxylation sites is 2. The number of rotatable bonds is 5. The average molecular weight is 498 g/mol. The van der Waals surface area contributed by atoms with Gasteiger partial charge in [-0.15, -0.1) is 0 Å². The van der Waals surface area contributed by atoms with Crippen LogP contribution in [-0.4, -0.2) is 54.5 Å². The Labute approximate surface area is 196 Å². The van der Waals surface area contributed by atoms with E-state index in [2.05, 4.69) is 15.0 Å². The van der Waals surface area contributed by atoms with Crippen LogP contribution < -0.4 is 0 Å². The molecule has 0 atom stereocenters. The molecule has 1 aromatic heterocycles. The number of sulfone groups is 2. The number of phenolic OH excluding ortho intramolecular Hbond substituents is 2. The van der Waals surface area contributed by atoms with Crippen LogP contribution >= 0.6 is 0 Å². The van der Waals surface area contributed by atoms with E-state index in [-0.39, 0.29) is 55.5 Å². The summed E-state index contributed by atoms with van der Waals surface area (Å²) in [6, 6.07) is 16.3. The number of phenols is 2. The van der Waals surface area contributed by atoms with Gasteiger partial charge in [0.15, 0.2) is 37.1 Å². The summed E-state index contributed by atoms with van der Waals surface area (Å²) in [6.45, 7) is 0. The quantitative estimate of drug-likeness (QED) is 0.424. The lowest BCUT2D eigenvalue weighted by atomic mass is 10.1. The zero-order valence-corrected chi connectivity index (χ0v) is 19.7. The lowest BCUT2D eigenvalue weighted by Crippen LogP contribution is -2.05. The molecule has 0 aliphatic rings. The van der Waals surface area contributed by atoms with Crippen molar-refractivity contribution in [2.75, 3.05) is 12.5 Å². The van der Waals surface area contributed by atoms with Crippen LogP contribution in [0.4, 0.5) is 0 Å². The third-order valence-corrected chi connectivity index (χ3v) is 7.10. The van der Waals surface area contributed by atoms with Gasteiger partial charge in [-0.25, -0.2) is 31.8 Å². The van der Waals surface area contributed by atoms with Gasteiger partial charge in [0.1, 0.15) is 11.5 Å². The van der Waals surface area contributed by atoms with Gasteiger partial charge in [0, 0.05) is 18.1 Å². The predicted octanol–water partition coefficient (Wildman–Crippen LogP) is 3.09. The number of nitrogens with zero attached hydrogens (tertiary/aromatic N) is 3. The fourth-order valence-corrected chi connectivity index (χ4v) is 4.64. The monoisotopic (exact) mass is 497 g/mol.